The lowest BCUT2D eigenvalue weighted by atomic mass is 9.86. The molecule has 0 heterocycles. The van der Waals surface area contributed by atoms with Crippen LogP contribution >= 0.6 is 0 Å². The Balaban J connectivity index is 2.28. The van der Waals surface area contributed by atoms with Gasteiger partial charge in [0.25, 0.3) is 0 Å². The summed E-state index contributed by atoms with van der Waals surface area (Å²) in [6.45, 7) is 11.7. The van der Waals surface area contributed by atoms with Crippen LogP contribution in [0.5, 0.6) is 0 Å². The number of benzene rings is 1. The van der Waals surface area contributed by atoms with E-state index in [-0.39, 0.29) is 18.5 Å². The summed E-state index contributed by atoms with van der Waals surface area (Å²) < 4.78 is 10.5. The number of hydrogen-bond donors (Lipinski definition) is 2. The number of carbonyl (C=O) groups excluding carboxylic acids is 3. The van der Waals surface area contributed by atoms with Gasteiger partial charge in [-0.15, -0.1) is 0 Å². The van der Waals surface area contributed by atoms with E-state index in [2.05, 4.69) is 10.6 Å². The van der Waals surface area contributed by atoms with Gasteiger partial charge in [0.05, 0.1) is 0 Å². The van der Waals surface area contributed by atoms with Crippen molar-refractivity contribution in [3.05, 3.63) is 35.9 Å². The van der Waals surface area contributed by atoms with Gasteiger partial charge in [-0.3, -0.25) is 9.59 Å². The number of hydrogen-bond acceptors (Lipinski definition) is 5. The second-order valence-corrected chi connectivity index (χ2v) is 9.69. The first kappa shape index (κ1) is 26.5. The van der Waals surface area contributed by atoms with Gasteiger partial charge in [0, 0.05) is 13.0 Å². The molecule has 1 rings (SSSR count). The van der Waals surface area contributed by atoms with Crippen LogP contribution in [0.15, 0.2) is 30.3 Å². The summed E-state index contributed by atoms with van der Waals surface area (Å²) in [5.74, 6) is -0.470. The third-order valence-electron chi connectivity index (χ3n) is 4.39. The maximum atomic E-state index is 12.6. The second-order valence-electron chi connectivity index (χ2n) is 9.69. The van der Waals surface area contributed by atoms with Crippen molar-refractivity contribution in [3.63, 3.8) is 0 Å². The summed E-state index contributed by atoms with van der Waals surface area (Å²) in [4.78, 5) is 36.5. The van der Waals surface area contributed by atoms with E-state index < -0.39 is 23.2 Å². The zero-order valence-corrected chi connectivity index (χ0v) is 19.7. The van der Waals surface area contributed by atoms with E-state index in [1.54, 1.807) is 20.8 Å². The van der Waals surface area contributed by atoms with Crippen LogP contribution in [0.3, 0.4) is 0 Å². The highest BCUT2D eigenvalue weighted by atomic mass is 16.6. The van der Waals surface area contributed by atoms with Crippen molar-refractivity contribution in [2.24, 2.45) is 5.41 Å². The number of ether oxygens (including phenoxy) is 2. The molecule has 0 radical (unpaired) electrons. The number of carbonyl (C=O) groups is 3. The Morgan fingerprint density at radius 1 is 0.935 bits per heavy atom. The largest absolute Gasteiger partial charge is 0.461 e. The molecule has 0 spiro atoms. The molecule has 2 amide bonds. The van der Waals surface area contributed by atoms with Gasteiger partial charge < -0.3 is 20.1 Å². The molecule has 1 atom stereocenters. The highest BCUT2D eigenvalue weighted by molar-refractivity contribution is 5.86. The molecule has 0 aliphatic heterocycles. The zero-order valence-electron chi connectivity index (χ0n) is 19.7. The molecule has 0 aliphatic carbocycles. The molecule has 0 saturated carbocycles. The van der Waals surface area contributed by atoms with Gasteiger partial charge in [-0.25, -0.2) is 4.79 Å². The normalized spacial score (nSPS) is 12.6. The monoisotopic (exact) mass is 434 g/mol. The Hall–Kier alpha value is -2.57. The van der Waals surface area contributed by atoms with Crippen LogP contribution < -0.4 is 10.6 Å². The first-order valence-electron chi connectivity index (χ1n) is 10.9. The number of nitrogens with one attached hydrogen (secondary N) is 2. The minimum absolute atomic E-state index is 0.220. The average Bonchev–Trinajstić information content (AvgIpc) is 2.65. The fraction of sp³-hybridized carbons (Fsp3) is 0.625. The van der Waals surface area contributed by atoms with Crippen molar-refractivity contribution in [3.8, 4) is 0 Å². The van der Waals surface area contributed by atoms with Crippen LogP contribution in [0.1, 0.15) is 72.8 Å². The standard InChI is InChI=1S/C24H38N2O5/c1-23(2,3)20(26-22(29)31-24(4,5)6)21(28)25-16-12-8-11-15-19(27)30-17-18-13-9-7-10-14-18/h7,9-10,13-14,20H,8,11-12,15-17H2,1-6H3,(H,25,28)(H,26,29)/t20-/m1/s1. The van der Waals surface area contributed by atoms with Crippen molar-refractivity contribution >= 4 is 18.0 Å². The topological polar surface area (TPSA) is 93.7 Å². The van der Waals surface area contributed by atoms with Gasteiger partial charge in [0.1, 0.15) is 18.2 Å². The van der Waals surface area contributed by atoms with Crippen molar-refractivity contribution < 1.29 is 23.9 Å². The smallest absolute Gasteiger partial charge is 0.408 e. The van der Waals surface area contributed by atoms with Crippen LogP contribution in [0, 0.1) is 5.41 Å². The van der Waals surface area contributed by atoms with Crippen molar-refractivity contribution in [1.29, 1.82) is 0 Å². The molecule has 174 valence electrons. The van der Waals surface area contributed by atoms with Crippen LogP contribution in [0.25, 0.3) is 0 Å². The lowest BCUT2D eigenvalue weighted by Crippen LogP contribution is -2.54. The van der Waals surface area contributed by atoms with Crippen LogP contribution in [0.4, 0.5) is 4.79 Å². The zero-order chi connectivity index (χ0) is 23.5. The van der Waals surface area contributed by atoms with E-state index in [9.17, 15) is 14.4 Å². The molecule has 0 aliphatic rings. The summed E-state index contributed by atoms with van der Waals surface area (Å²) in [7, 11) is 0. The second kappa shape index (κ2) is 12.3. The maximum absolute atomic E-state index is 12.6. The predicted octanol–water partition coefficient (Wildman–Crippen LogP) is 4.35. The van der Waals surface area contributed by atoms with Crippen LogP contribution in [0.2, 0.25) is 0 Å². The first-order valence-corrected chi connectivity index (χ1v) is 10.9. The van der Waals surface area contributed by atoms with E-state index in [0.717, 1.165) is 18.4 Å². The van der Waals surface area contributed by atoms with E-state index in [1.165, 1.54) is 0 Å². The van der Waals surface area contributed by atoms with Gasteiger partial charge >= 0.3 is 12.1 Å². The first-order chi connectivity index (χ1) is 14.4. The number of amides is 2. The quantitative estimate of drug-likeness (QED) is 0.422. The van der Waals surface area contributed by atoms with E-state index in [1.807, 2.05) is 51.1 Å². The van der Waals surface area contributed by atoms with E-state index >= 15 is 0 Å². The Morgan fingerprint density at radius 2 is 1.58 bits per heavy atom. The fourth-order valence-corrected chi connectivity index (χ4v) is 2.80. The number of alkyl carbamates (subject to hydrolysis) is 1. The highest BCUT2D eigenvalue weighted by Crippen LogP contribution is 2.20. The molecule has 0 bridgehead atoms. The summed E-state index contributed by atoms with van der Waals surface area (Å²) in [6, 6.07) is 8.85. The van der Waals surface area contributed by atoms with Gasteiger partial charge in [0.15, 0.2) is 0 Å². The summed E-state index contributed by atoms with van der Waals surface area (Å²) >= 11 is 0. The summed E-state index contributed by atoms with van der Waals surface area (Å²) in [5.41, 5.74) is -0.138. The number of unbranched alkanes of at least 4 members (excludes halogenated alkanes) is 2. The molecule has 0 unspecified atom stereocenters. The van der Waals surface area contributed by atoms with E-state index in [0.29, 0.717) is 19.4 Å². The van der Waals surface area contributed by atoms with Gasteiger partial charge in [0.2, 0.25) is 5.91 Å². The van der Waals surface area contributed by atoms with Gasteiger partial charge in [-0.05, 0) is 44.6 Å². The molecule has 1 aromatic carbocycles. The Bertz CT molecular complexity index is 705. The fourth-order valence-electron chi connectivity index (χ4n) is 2.80. The third-order valence-corrected chi connectivity index (χ3v) is 4.39. The molecule has 1 aromatic rings. The number of esters is 1. The molecule has 7 nitrogen and oxygen atoms in total. The lowest BCUT2D eigenvalue weighted by Gasteiger charge is -2.31. The minimum atomic E-state index is -0.713. The molecular weight excluding hydrogens is 396 g/mol. The van der Waals surface area contributed by atoms with Gasteiger partial charge in [-0.2, -0.15) is 0 Å². The maximum Gasteiger partial charge on any atom is 0.408 e. The van der Waals surface area contributed by atoms with Gasteiger partial charge in [-0.1, -0.05) is 57.5 Å². The predicted molar refractivity (Wildman–Crippen MR) is 120 cm³/mol. The Kier molecular flexibility index (Phi) is 10.5. The van der Waals surface area contributed by atoms with E-state index in [4.69, 9.17) is 9.47 Å². The summed E-state index contributed by atoms with van der Waals surface area (Å²) in [5, 5.41) is 5.54. The highest BCUT2D eigenvalue weighted by Gasteiger charge is 2.33. The van der Waals surface area contributed by atoms with Crippen LogP contribution in [-0.4, -0.2) is 36.2 Å². The Labute approximate surface area is 186 Å². The third kappa shape index (κ3) is 12.0. The summed E-state index contributed by atoms with van der Waals surface area (Å²) in [6.07, 6.45) is 1.96. The Morgan fingerprint density at radius 3 is 2.16 bits per heavy atom. The molecular formula is C24H38N2O5. The SMILES string of the molecule is CC(C)(C)OC(=O)N[C@H](C(=O)NCCCCCC(=O)OCc1ccccc1)C(C)(C)C. The molecule has 31 heavy (non-hydrogen) atoms. The molecule has 7 heteroatoms. The van der Waals surface area contributed by atoms with Crippen molar-refractivity contribution in [2.75, 3.05) is 6.54 Å². The number of rotatable bonds is 10. The molecule has 0 fully saturated rings. The van der Waals surface area contributed by atoms with Crippen LogP contribution in [-0.2, 0) is 25.7 Å². The van der Waals surface area contributed by atoms with Crippen molar-refractivity contribution in [2.45, 2.75) is 85.5 Å². The van der Waals surface area contributed by atoms with Crippen molar-refractivity contribution in [1.82, 2.24) is 10.6 Å². The minimum Gasteiger partial charge on any atom is -0.461 e. The molecule has 0 aromatic heterocycles. The average molecular weight is 435 g/mol. The lowest BCUT2D eigenvalue weighted by molar-refractivity contribution is -0.145. The molecule has 2 N–H and O–H groups in total. The molecule has 0 saturated heterocycles.